The van der Waals surface area contributed by atoms with Gasteiger partial charge in [0.25, 0.3) is 0 Å². The van der Waals surface area contributed by atoms with Gasteiger partial charge in [-0.25, -0.2) is 0 Å². The molecule has 3 heteroatoms. The quantitative estimate of drug-likeness (QED) is 0.443. The van der Waals surface area contributed by atoms with Crippen molar-refractivity contribution < 1.29 is 4.79 Å². The van der Waals surface area contributed by atoms with E-state index < -0.39 is 0 Å². The van der Waals surface area contributed by atoms with Gasteiger partial charge in [-0.15, -0.1) is 0 Å². The number of Topliss-reactive ketones (excluding diaryl/α,β-unsaturated/α-hetero) is 1. The van der Waals surface area contributed by atoms with Crippen LogP contribution in [0.4, 0.5) is 0 Å². The van der Waals surface area contributed by atoms with Crippen molar-refractivity contribution >= 4 is 21.7 Å². The molecule has 2 nitrogen and oxygen atoms in total. The molecule has 0 saturated carbocycles. The lowest BCUT2D eigenvalue weighted by Crippen LogP contribution is -1.95. The smallest absolute Gasteiger partial charge is 0.161 e. The van der Waals surface area contributed by atoms with E-state index in [1.165, 1.54) is 6.42 Å². The number of hydrogen-bond acceptors (Lipinski definition) is 1. The molecule has 0 bridgehead atoms. The van der Waals surface area contributed by atoms with E-state index in [-0.39, 0.29) is 5.78 Å². The lowest BCUT2D eigenvalue weighted by Gasteiger charge is -1.99. The highest BCUT2D eigenvalue weighted by atomic mass is 79.9. The highest BCUT2D eigenvalue weighted by Crippen LogP contribution is 2.04. The summed E-state index contributed by atoms with van der Waals surface area (Å²) in [6.07, 6.45) is 6.20. The predicted octanol–water partition coefficient (Wildman–Crippen LogP) is 2.87. The van der Waals surface area contributed by atoms with Gasteiger partial charge in [-0.1, -0.05) is 15.9 Å². The molecule has 0 amide bonds. The van der Waals surface area contributed by atoms with Gasteiger partial charge in [0.05, 0.1) is 0 Å². The average molecular weight is 244 g/mol. The van der Waals surface area contributed by atoms with Crippen molar-refractivity contribution in [2.24, 2.45) is 0 Å². The fourth-order valence-electron chi connectivity index (χ4n) is 1.18. The normalized spacial score (nSPS) is 10.3. The van der Waals surface area contributed by atoms with Crippen LogP contribution in [0.3, 0.4) is 0 Å². The number of unbranched alkanes of at least 4 members (excludes halogenated alkanes) is 1. The van der Waals surface area contributed by atoms with Crippen molar-refractivity contribution in [2.75, 3.05) is 5.33 Å². The molecule has 1 aromatic heterocycles. The highest BCUT2D eigenvalue weighted by Gasteiger charge is 2.00. The first kappa shape index (κ1) is 10.5. The first-order valence-corrected chi connectivity index (χ1v) is 5.59. The number of ketones is 1. The molecular weight excluding hydrogens is 230 g/mol. The van der Waals surface area contributed by atoms with E-state index in [2.05, 4.69) is 20.5 Å². The van der Waals surface area contributed by atoms with Crippen molar-refractivity contribution in [3.8, 4) is 0 Å². The summed E-state index contributed by atoms with van der Waals surface area (Å²) < 4.78 is 2.07. The molecule has 0 fully saturated rings. The van der Waals surface area contributed by atoms with Crippen LogP contribution in [-0.4, -0.2) is 15.7 Å². The Morgan fingerprint density at radius 2 is 2.31 bits per heavy atom. The van der Waals surface area contributed by atoms with Gasteiger partial charge in [-0.05, 0) is 25.8 Å². The molecule has 0 spiro atoms. The number of hydrogen-bond donors (Lipinski definition) is 0. The number of nitrogens with zero attached hydrogens (tertiary/aromatic N) is 1. The van der Waals surface area contributed by atoms with E-state index in [9.17, 15) is 4.79 Å². The van der Waals surface area contributed by atoms with E-state index in [1.807, 2.05) is 18.5 Å². The summed E-state index contributed by atoms with van der Waals surface area (Å²) >= 11 is 3.39. The van der Waals surface area contributed by atoms with Gasteiger partial charge in [-0.3, -0.25) is 4.79 Å². The minimum absolute atomic E-state index is 0.138. The maximum atomic E-state index is 11.0. The zero-order valence-electron chi connectivity index (χ0n) is 7.79. The second-order valence-corrected chi connectivity index (χ2v) is 3.88. The fraction of sp³-hybridized carbons (Fsp3) is 0.500. The molecule has 0 N–H and O–H groups in total. The first-order valence-electron chi connectivity index (χ1n) is 4.46. The van der Waals surface area contributed by atoms with Crippen LogP contribution in [0.25, 0.3) is 0 Å². The van der Waals surface area contributed by atoms with Gasteiger partial charge in [0.15, 0.2) is 5.78 Å². The SMILES string of the molecule is CC(=O)c1ccn(CCCCBr)c1. The van der Waals surface area contributed by atoms with Gasteiger partial charge in [0, 0.05) is 29.8 Å². The Hall–Kier alpha value is -0.570. The van der Waals surface area contributed by atoms with E-state index in [0.717, 1.165) is 23.9 Å². The number of aromatic nitrogens is 1. The molecule has 0 atom stereocenters. The molecule has 0 aliphatic rings. The van der Waals surface area contributed by atoms with Gasteiger partial charge in [0.2, 0.25) is 0 Å². The Balaban J connectivity index is 2.44. The molecule has 0 radical (unpaired) electrons. The second-order valence-electron chi connectivity index (χ2n) is 3.09. The summed E-state index contributed by atoms with van der Waals surface area (Å²) in [4.78, 5) is 11.0. The summed E-state index contributed by atoms with van der Waals surface area (Å²) in [5.74, 6) is 0.138. The highest BCUT2D eigenvalue weighted by molar-refractivity contribution is 9.09. The molecule has 0 aliphatic carbocycles. The monoisotopic (exact) mass is 243 g/mol. The van der Waals surface area contributed by atoms with E-state index in [0.29, 0.717) is 0 Å². The molecule has 1 aromatic rings. The Labute approximate surface area is 87.1 Å². The fourth-order valence-corrected chi connectivity index (χ4v) is 1.57. The summed E-state index contributed by atoms with van der Waals surface area (Å²) in [5.41, 5.74) is 0.804. The zero-order chi connectivity index (χ0) is 9.68. The number of carbonyl (C=O) groups is 1. The average Bonchev–Trinajstić information content (AvgIpc) is 2.53. The number of carbonyl (C=O) groups excluding carboxylic acids is 1. The Bertz CT molecular complexity index is 280. The number of halogens is 1. The molecular formula is C10H14BrNO. The minimum Gasteiger partial charge on any atom is -0.354 e. The zero-order valence-corrected chi connectivity index (χ0v) is 9.38. The Kier molecular flexibility index (Phi) is 4.22. The summed E-state index contributed by atoms with van der Waals surface area (Å²) in [5, 5.41) is 1.05. The van der Waals surface area contributed by atoms with Crippen LogP contribution in [0.15, 0.2) is 18.5 Å². The van der Waals surface area contributed by atoms with E-state index in [4.69, 9.17) is 0 Å². The molecule has 1 heterocycles. The standard InChI is InChI=1S/C10H14BrNO/c1-9(13)10-4-7-12(8-10)6-3-2-5-11/h4,7-8H,2-3,5-6H2,1H3. The maximum Gasteiger partial charge on any atom is 0.161 e. The van der Waals surface area contributed by atoms with Crippen molar-refractivity contribution in [1.29, 1.82) is 0 Å². The summed E-state index contributed by atoms with van der Waals surface area (Å²) in [6, 6.07) is 1.87. The van der Waals surface area contributed by atoms with Crippen molar-refractivity contribution in [3.05, 3.63) is 24.0 Å². The Morgan fingerprint density at radius 1 is 1.54 bits per heavy atom. The van der Waals surface area contributed by atoms with E-state index >= 15 is 0 Å². The van der Waals surface area contributed by atoms with Crippen molar-refractivity contribution in [1.82, 2.24) is 4.57 Å². The van der Waals surface area contributed by atoms with Gasteiger partial charge in [0.1, 0.15) is 0 Å². The molecule has 0 saturated heterocycles. The third kappa shape index (κ3) is 3.35. The number of aryl methyl sites for hydroxylation is 1. The van der Waals surface area contributed by atoms with Crippen LogP contribution < -0.4 is 0 Å². The lowest BCUT2D eigenvalue weighted by molar-refractivity contribution is 0.101. The van der Waals surface area contributed by atoms with Crippen LogP contribution in [0.5, 0.6) is 0 Å². The molecule has 0 aliphatic heterocycles. The van der Waals surface area contributed by atoms with Crippen molar-refractivity contribution in [2.45, 2.75) is 26.3 Å². The van der Waals surface area contributed by atoms with Crippen LogP contribution in [0, 0.1) is 0 Å². The van der Waals surface area contributed by atoms with Crippen LogP contribution >= 0.6 is 15.9 Å². The molecule has 1 rings (SSSR count). The predicted molar refractivity (Wildman–Crippen MR) is 57.5 cm³/mol. The van der Waals surface area contributed by atoms with Crippen molar-refractivity contribution in [3.63, 3.8) is 0 Å². The third-order valence-electron chi connectivity index (χ3n) is 1.96. The lowest BCUT2D eigenvalue weighted by atomic mass is 10.2. The van der Waals surface area contributed by atoms with Crippen LogP contribution in [0.1, 0.15) is 30.1 Å². The van der Waals surface area contributed by atoms with E-state index in [1.54, 1.807) is 6.92 Å². The van der Waals surface area contributed by atoms with Crippen LogP contribution in [-0.2, 0) is 6.54 Å². The van der Waals surface area contributed by atoms with Gasteiger partial charge < -0.3 is 4.57 Å². The largest absolute Gasteiger partial charge is 0.354 e. The first-order chi connectivity index (χ1) is 6.24. The minimum atomic E-state index is 0.138. The molecule has 0 unspecified atom stereocenters. The van der Waals surface area contributed by atoms with Gasteiger partial charge >= 0.3 is 0 Å². The maximum absolute atomic E-state index is 11.0. The number of rotatable bonds is 5. The molecule has 72 valence electrons. The second kappa shape index (κ2) is 5.22. The van der Waals surface area contributed by atoms with Crippen LogP contribution in [0.2, 0.25) is 0 Å². The van der Waals surface area contributed by atoms with Gasteiger partial charge in [-0.2, -0.15) is 0 Å². The summed E-state index contributed by atoms with van der Waals surface area (Å²) in [7, 11) is 0. The summed E-state index contributed by atoms with van der Waals surface area (Å²) in [6.45, 7) is 2.59. The number of alkyl halides is 1. The third-order valence-corrected chi connectivity index (χ3v) is 2.52. The topological polar surface area (TPSA) is 22.0 Å². The molecule has 0 aromatic carbocycles. The Morgan fingerprint density at radius 3 is 2.85 bits per heavy atom. The molecule has 13 heavy (non-hydrogen) atoms.